The van der Waals surface area contributed by atoms with E-state index < -0.39 is 5.97 Å². The van der Waals surface area contributed by atoms with Gasteiger partial charge in [-0.15, -0.1) is 0 Å². The maximum atomic E-state index is 11.1. The van der Waals surface area contributed by atoms with Gasteiger partial charge in [-0.25, -0.2) is 4.79 Å². The van der Waals surface area contributed by atoms with E-state index in [-0.39, 0.29) is 22.9 Å². The van der Waals surface area contributed by atoms with Crippen molar-refractivity contribution < 1.29 is 19.2 Å². The van der Waals surface area contributed by atoms with Crippen molar-refractivity contribution in [2.24, 2.45) is 0 Å². The molecule has 1 aliphatic carbocycles. The number of aromatic nitrogens is 2. The zero-order valence-electron chi connectivity index (χ0n) is 10.4. The Morgan fingerprint density at radius 1 is 1.50 bits per heavy atom. The molecular weight excluding hydrogens is 284 g/mol. The van der Waals surface area contributed by atoms with E-state index in [1.807, 2.05) is 0 Å². The first-order valence-corrected chi connectivity index (χ1v) is 6.50. The van der Waals surface area contributed by atoms with Gasteiger partial charge in [-0.3, -0.25) is 0 Å². The molecule has 0 spiro atoms. The standard InChI is InChI=1S/C13H11ClN2O4/c14-8-2-1-3-9(11(8)13(17)18)19-6-10-15-12(20-16-10)7-4-5-7/h1-3,7H,4-6H2,(H,17,18). The zero-order chi connectivity index (χ0) is 14.1. The highest BCUT2D eigenvalue weighted by atomic mass is 35.5. The first kappa shape index (κ1) is 12.9. The Labute approximate surface area is 119 Å². The summed E-state index contributed by atoms with van der Waals surface area (Å²) in [5, 5.41) is 13.0. The number of ether oxygens (including phenoxy) is 1. The average molecular weight is 295 g/mol. The van der Waals surface area contributed by atoms with Crippen molar-refractivity contribution in [2.75, 3.05) is 0 Å². The number of benzene rings is 1. The number of carboxylic acid groups (broad SMARTS) is 1. The Morgan fingerprint density at radius 2 is 2.30 bits per heavy atom. The summed E-state index contributed by atoms with van der Waals surface area (Å²) in [5.74, 6) is 0.425. The van der Waals surface area contributed by atoms with Gasteiger partial charge in [0.15, 0.2) is 6.61 Å². The summed E-state index contributed by atoms with van der Waals surface area (Å²) in [6.07, 6.45) is 2.14. The number of carbonyl (C=O) groups is 1. The van der Waals surface area contributed by atoms with E-state index in [1.165, 1.54) is 12.1 Å². The van der Waals surface area contributed by atoms with Crippen LogP contribution in [0.1, 0.15) is 40.8 Å². The van der Waals surface area contributed by atoms with E-state index in [9.17, 15) is 4.79 Å². The lowest BCUT2D eigenvalue weighted by Gasteiger charge is -2.08. The van der Waals surface area contributed by atoms with E-state index in [1.54, 1.807) is 6.07 Å². The van der Waals surface area contributed by atoms with Crippen LogP contribution in [-0.2, 0) is 6.61 Å². The molecule has 0 atom stereocenters. The van der Waals surface area contributed by atoms with Crippen molar-refractivity contribution in [3.8, 4) is 5.75 Å². The Morgan fingerprint density at radius 3 is 3.00 bits per heavy atom. The molecule has 0 bridgehead atoms. The monoisotopic (exact) mass is 294 g/mol. The maximum Gasteiger partial charge on any atom is 0.341 e. The number of aromatic carboxylic acids is 1. The molecule has 2 aromatic rings. The molecular formula is C13H11ClN2O4. The summed E-state index contributed by atoms with van der Waals surface area (Å²) in [6.45, 7) is 0.0385. The second kappa shape index (κ2) is 5.13. The van der Waals surface area contributed by atoms with Crippen LogP contribution < -0.4 is 4.74 Å². The first-order valence-electron chi connectivity index (χ1n) is 6.12. The van der Waals surface area contributed by atoms with Crippen LogP contribution in [0.5, 0.6) is 5.75 Å². The van der Waals surface area contributed by atoms with Crippen molar-refractivity contribution in [3.05, 3.63) is 40.5 Å². The largest absolute Gasteiger partial charge is 0.485 e. The van der Waals surface area contributed by atoms with Crippen molar-refractivity contribution in [2.45, 2.75) is 25.4 Å². The summed E-state index contributed by atoms with van der Waals surface area (Å²) >= 11 is 5.85. The molecule has 1 fully saturated rings. The summed E-state index contributed by atoms with van der Waals surface area (Å²) < 4.78 is 10.5. The molecule has 6 nitrogen and oxygen atoms in total. The van der Waals surface area contributed by atoms with E-state index >= 15 is 0 Å². The topological polar surface area (TPSA) is 85.5 Å². The smallest absolute Gasteiger partial charge is 0.341 e. The molecule has 0 unspecified atom stereocenters. The van der Waals surface area contributed by atoms with Crippen molar-refractivity contribution in [3.63, 3.8) is 0 Å². The van der Waals surface area contributed by atoms with Crippen LogP contribution in [0.3, 0.4) is 0 Å². The SMILES string of the molecule is O=C(O)c1c(Cl)cccc1OCc1noc(C2CC2)n1. The highest BCUT2D eigenvalue weighted by Crippen LogP contribution is 2.38. The number of nitrogens with zero attached hydrogens (tertiary/aromatic N) is 2. The fraction of sp³-hybridized carbons (Fsp3) is 0.308. The molecule has 104 valence electrons. The second-order valence-corrected chi connectivity index (χ2v) is 4.94. The van der Waals surface area contributed by atoms with Crippen LogP contribution in [0.25, 0.3) is 0 Å². The molecule has 1 aromatic carbocycles. The number of carboxylic acids is 1. The number of rotatable bonds is 5. The molecule has 20 heavy (non-hydrogen) atoms. The molecule has 1 heterocycles. The molecule has 3 rings (SSSR count). The van der Waals surface area contributed by atoms with E-state index in [2.05, 4.69) is 10.1 Å². The highest BCUT2D eigenvalue weighted by molar-refractivity contribution is 6.33. The number of hydrogen-bond acceptors (Lipinski definition) is 5. The van der Waals surface area contributed by atoms with Crippen LogP contribution in [-0.4, -0.2) is 21.2 Å². The van der Waals surface area contributed by atoms with Gasteiger partial charge in [0.05, 0.1) is 5.02 Å². The minimum atomic E-state index is -1.14. The van der Waals surface area contributed by atoms with Gasteiger partial charge in [0.25, 0.3) is 0 Å². The van der Waals surface area contributed by atoms with Gasteiger partial charge >= 0.3 is 5.97 Å². The van der Waals surface area contributed by atoms with E-state index in [0.29, 0.717) is 17.6 Å². The molecule has 1 saturated carbocycles. The van der Waals surface area contributed by atoms with Crippen LogP contribution in [0.15, 0.2) is 22.7 Å². The average Bonchev–Trinajstić information content (AvgIpc) is 3.15. The van der Waals surface area contributed by atoms with Crippen molar-refractivity contribution in [1.82, 2.24) is 10.1 Å². The van der Waals surface area contributed by atoms with Gasteiger partial charge < -0.3 is 14.4 Å². The summed E-state index contributed by atoms with van der Waals surface area (Å²) in [6, 6.07) is 4.66. The van der Waals surface area contributed by atoms with Crippen LogP contribution in [0, 0.1) is 0 Å². The Balaban J connectivity index is 1.74. The van der Waals surface area contributed by atoms with Crippen LogP contribution in [0.4, 0.5) is 0 Å². The van der Waals surface area contributed by atoms with Gasteiger partial charge in [0, 0.05) is 5.92 Å². The van der Waals surface area contributed by atoms with Gasteiger partial charge in [-0.2, -0.15) is 4.98 Å². The molecule has 0 amide bonds. The number of hydrogen-bond donors (Lipinski definition) is 1. The first-order chi connectivity index (χ1) is 9.65. The van der Waals surface area contributed by atoms with Crippen molar-refractivity contribution >= 4 is 17.6 Å². The second-order valence-electron chi connectivity index (χ2n) is 4.53. The molecule has 1 aromatic heterocycles. The number of halogens is 1. The molecule has 1 N–H and O–H groups in total. The lowest BCUT2D eigenvalue weighted by Crippen LogP contribution is -2.05. The van der Waals surface area contributed by atoms with Gasteiger partial charge in [0.1, 0.15) is 11.3 Å². The van der Waals surface area contributed by atoms with Crippen LogP contribution in [0.2, 0.25) is 5.02 Å². The Hall–Kier alpha value is -2.08. The minimum Gasteiger partial charge on any atom is -0.485 e. The third kappa shape index (κ3) is 2.60. The highest BCUT2D eigenvalue weighted by Gasteiger charge is 2.29. The third-order valence-electron chi connectivity index (χ3n) is 2.96. The van der Waals surface area contributed by atoms with E-state index in [0.717, 1.165) is 12.8 Å². The summed E-state index contributed by atoms with van der Waals surface area (Å²) in [5.41, 5.74) is -0.0694. The maximum absolute atomic E-state index is 11.1. The molecule has 0 radical (unpaired) electrons. The van der Waals surface area contributed by atoms with Gasteiger partial charge in [0.2, 0.25) is 11.7 Å². The van der Waals surface area contributed by atoms with Gasteiger partial charge in [-0.05, 0) is 25.0 Å². The predicted octanol–water partition coefficient (Wildman–Crippen LogP) is 2.88. The van der Waals surface area contributed by atoms with Gasteiger partial charge in [-0.1, -0.05) is 22.8 Å². The fourth-order valence-electron chi connectivity index (χ4n) is 1.80. The molecule has 1 aliphatic rings. The minimum absolute atomic E-state index is 0.0385. The van der Waals surface area contributed by atoms with E-state index in [4.69, 9.17) is 26.0 Å². The quantitative estimate of drug-likeness (QED) is 0.912. The predicted molar refractivity (Wildman–Crippen MR) is 69.0 cm³/mol. The molecule has 7 heteroatoms. The molecule has 0 saturated heterocycles. The lowest BCUT2D eigenvalue weighted by molar-refractivity contribution is 0.0692. The summed E-state index contributed by atoms with van der Waals surface area (Å²) in [7, 11) is 0. The van der Waals surface area contributed by atoms with Crippen LogP contribution >= 0.6 is 11.6 Å². The lowest BCUT2D eigenvalue weighted by atomic mass is 10.2. The normalized spacial score (nSPS) is 14.2. The molecule has 0 aliphatic heterocycles. The van der Waals surface area contributed by atoms with Crippen molar-refractivity contribution in [1.29, 1.82) is 0 Å². The Kier molecular flexibility index (Phi) is 3.31. The summed E-state index contributed by atoms with van der Waals surface area (Å²) in [4.78, 5) is 15.3. The fourth-order valence-corrected chi connectivity index (χ4v) is 2.04. The third-order valence-corrected chi connectivity index (χ3v) is 3.27. The zero-order valence-corrected chi connectivity index (χ0v) is 11.1. The Bertz CT molecular complexity index is 652.